The van der Waals surface area contributed by atoms with Crippen molar-refractivity contribution in [3.05, 3.63) is 35.4 Å². The minimum Gasteiger partial charge on any atom is -0.402 e. The van der Waals surface area contributed by atoms with Gasteiger partial charge in [-0.1, -0.05) is 45.0 Å². The van der Waals surface area contributed by atoms with Gasteiger partial charge >= 0.3 is 7.32 Å². The van der Waals surface area contributed by atoms with Gasteiger partial charge < -0.3 is 19.4 Å². The summed E-state index contributed by atoms with van der Waals surface area (Å²) < 4.78 is 10.5. The van der Waals surface area contributed by atoms with Gasteiger partial charge in [0.2, 0.25) is 0 Å². The molecule has 0 spiro atoms. The van der Waals surface area contributed by atoms with Crippen LogP contribution >= 0.6 is 12.6 Å². The van der Waals surface area contributed by atoms with Crippen LogP contribution in [0.25, 0.3) is 0 Å². The Balaban J connectivity index is 2.68. The normalized spacial score (nSPS) is 13.3. The summed E-state index contributed by atoms with van der Waals surface area (Å²) in [5.41, 5.74) is 2.18. The number of hydrogen-bond acceptors (Lipinski definition) is 5. The molecule has 6 heteroatoms. The lowest BCUT2D eigenvalue weighted by molar-refractivity contribution is -0.0349. The molecule has 0 aliphatic heterocycles. The lowest BCUT2D eigenvalue weighted by atomic mass is 9.84. The SMILES string of the molecule is CC(C)(C)C(OCCOB(O)O)c1ccc(CS)cc1. The summed E-state index contributed by atoms with van der Waals surface area (Å²) in [6.07, 6.45) is -0.0871. The third-order valence-corrected chi connectivity index (χ3v) is 3.25. The monoisotopic (exact) mass is 298 g/mol. The Hall–Kier alpha value is -0.525. The van der Waals surface area contributed by atoms with Crippen LogP contribution in [0.5, 0.6) is 0 Å². The fourth-order valence-electron chi connectivity index (χ4n) is 1.96. The van der Waals surface area contributed by atoms with E-state index in [1.165, 1.54) is 0 Å². The summed E-state index contributed by atoms with van der Waals surface area (Å²) >= 11 is 4.25. The van der Waals surface area contributed by atoms with Gasteiger partial charge in [0, 0.05) is 5.75 Å². The van der Waals surface area contributed by atoms with E-state index in [0.717, 1.165) is 11.1 Å². The molecule has 0 radical (unpaired) electrons. The molecule has 20 heavy (non-hydrogen) atoms. The van der Waals surface area contributed by atoms with Gasteiger partial charge in [-0.2, -0.15) is 12.6 Å². The van der Waals surface area contributed by atoms with Crippen molar-refractivity contribution in [2.45, 2.75) is 32.6 Å². The van der Waals surface area contributed by atoms with Crippen LogP contribution in [0.4, 0.5) is 0 Å². The van der Waals surface area contributed by atoms with E-state index in [1.54, 1.807) is 0 Å². The lowest BCUT2D eigenvalue weighted by Crippen LogP contribution is -2.25. The molecule has 1 atom stereocenters. The molecule has 0 saturated carbocycles. The molecule has 0 saturated heterocycles. The quantitative estimate of drug-likeness (QED) is 0.410. The maximum absolute atomic E-state index is 8.62. The summed E-state index contributed by atoms with van der Waals surface area (Å²) in [6.45, 7) is 6.75. The predicted molar refractivity (Wildman–Crippen MR) is 83.4 cm³/mol. The molecule has 0 aliphatic rings. The smallest absolute Gasteiger partial charge is 0.402 e. The second-order valence-electron chi connectivity index (χ2n) is 5.71. The molecule has 0 aliphatic carbocycles. The highest BCUT2D eigenvalue weighted by Crippen LogP contribution is 2.36. The summed E-state index contributed by atoms with van der Waals surface area (Å²) in [4.78, 5) is 0. The highest BCUT2D eigenvalue weighted by Gasteiger charge is 2.27. The van der Waals surface area contributed by atoms with E-state index in [0.29, 0.717) is 12.4 Å². The average Bonchev–Trinajstić information content (AvgIpc) is 2.37. The van der Waals surface area contributed by atoms with Crippen LogP contribution in [0.1, 0.15) is 38.0 Å². The van der Waals surface area contributed by atoms with Gasteiger partial charge in [-0.3, -0.25) is 0 Å². The van der Waals surface area contributed by atoms with E-state index in [9.17, 15) is 0 Å². The van der Waals surface area contributed by atoms with Crippen molar-refractivity contribution in [1.29, 1.82) is 0 Å². The maximum atomic E-state index is 8.62. The summed E-state index contributed by atoms with van der Waals surface area (Å²) in [7, 11) is -1.75. The Bertz CT molecular complexity index is 389. The van der Waals surface area contributed by atoms with Crippen molar-refractivity contribution in [3.8, 4) is 0 Å². The van der Waals surface area contributed by atoms with Crippen LogP contribution in [0, 0.1) is 5.41 Å². The largest absolute Gasteiger partial charge is 0.633 e. The molecule has 0 aromatic heterocycles. The first-order valence-electron chi connectivity index (χ1n) is 6.63. The molecule has 112 valence electrons. The standard InChI is InChI=1S/C14H23BO4S/c1-14(2,3)13(18-8-9-19-15(16)17)12-6-4-11(10-20)5-7-12/h4-7,13,16-17,20H,8-10H2,1-3H3. The first-order valence-corrected chi connectivity index (χ1v) is 7.27. The third-order valence-electron chi connectivity index (χ3n) is 2.89. The molecular formula is C14H23BO4S. The van der Waals surface area contributed by atoms with Crippen LogP contribution in [0.2, 0.25) is 0 Å². The van der Waals surface area contributed by atoms with E-state index in [2.05, 4.69) is 38.1 Å². The first-order chi connectivity index (χ1) is 9.34. The topological polar surface area (TPSA) is 58.9 Å². The predicted octanol–water partition coefficient (Wildman–Crippen LogP) is 2.21. The molecule has 0 fully saturated rings. The van der Waals surface area contributed by atoms with Gasteiger partial charge in [0.1, 0.15) is 0 Å². The molecule has 1 aromatic carbocycles. The fraction of sp³-hybridized carbons (Fsp3) is 0.571. The van der Waals surface area contributed by atoms with E-state index in [4.69, 9.17) is 14.8 Å². The van der Waals surface area contributed by atoms with Gasteiger partial charge in [0.15, 0.2) is 0 Å². The molecular weight excluding hydrogens is 275 g/mol. The van der Waals surface area contributed by atoms with Crippen molar-refractivity contribution in [2.75, 3.05) is 13.2 Å². The zero-order valence-electron chi connectivity index (χ0n) is 12.2. The Morgan fingerprint density at radius 2 is 1.75 bits per heavy atom. The molecule has 1 unspecified atom stereocenters. The molecule has 4 nitrogen and oxygen atoms in total. The Labute approximate surface area is 126 Å². The van der Waals surface area contributed by atoms with Crippen LogP contribution in [-0.2, 0) is 15.1 Å². The van der Waals surface area contributed by atoms with Crippen LogP contribution in [0.15, 0.2) is 24.3 Å². The van der Waals surface area contributed by atoms with Crippen molar-refractivity contribution in [1.82, 2.24) is 0 Å². The maximum Gasteiger partial charge on any atom is 0.633 e. The van der Waals surface area contributed by atoms with Crippen molar-refractivity contribution in [3.63, 3.8) is 0 Å². The van der Waals surface area contributed by atoms with E-state index in [1.807, 2.05) is 24.3 Å². The number of hydrogen-bond donors (Lipinski definition) is 3. The van der Waals surface area contributed by atoms with E-state index >= 15 is 0 Å². The van der Waals surface area contributed by atoms with Crippen LogP contribution in [-0.4, -0.2) is 30.6 Å². The molecule has 1 rings (SSSR count). The van der Waals surface area contributed by atoms with E-state index in [-0.39, 0.29) is 18.1 Å². The molecule has 0 bridgehead atoms. The van der Waals surface area contributed by atoms with Crippen LogP contribution in [0.3, 0.4) is 0 Å². The highest BCUT2D eigenvalue weighted by molar-refractivity contribution is 7.79. The highest BCUT2D eigenvalue weighted by atomic mass is 32.1. The molecule has 0 heterocycles. The van der Waals surface area contributed by atoms with Gasteiger partial charge in [0.25, 0.3) is 0 Å². The molecule has 0 amide bonds. The summed E-state index contributed by atoms with van der Waals surface area (Å²) in [6, 6.07) is 8.17. The van der Waals surface area contributed by atoms with Crippen molar-refractivity contribution < 1.29 is 19.4 Å². The summed E-state index contributed by atoms with van der Waals surface area (Å²) in [5, 5.41) is 17.2. The minimum atomic E-state index is -1.75. The minimum absolute atomic E-state index is 0.0691. The second kappa shape index (κ2) is 8.05. The second-order valence-corrected chi connectivity index (χ2v) is 6.03. The van der Waals surface area contributed by atoms with Crippen molar-refractivity contribution in [2.24, 2.45) is 5.41 Å². The van der Waals surface area contributed by atoms with Crippen molar-refractivity contribution >= 4 is 20.0 Å². The number of ether oxygens (including phenoxy) is 1. The Kier molecular flexibility index (Phi) is 7.05. The lowest BCUT2D eigenvalue weighted by Gasteiger charge is -2.31. The number of thiol groups is 1. The van der Waals surface area contributed by atoms with E-state index < -0.39 is 7.32 Å². The van der Waals surface area contributed by atoms with Crippen LogP contribution < -0.4 is 0 Å². The molecule has 2 N–H and O–H groups in total. The van der Waals surface area contributed by atoms with Gasteiger partial charge in [-0.05, 0) is 16.5 Å². The zero-order chi connectivity index (χ0) is 15.2. The van der Waals surface area contributed by atoms with Gasteiger partial charge in [-0.25, -0.2) is 0 Å². The van der Waals surface area contributed by atoms with Gasteiger partial charge in [0.05, 0.1) is 19.3 Å². The average molecular weight is 298 g/mol. The number of rotatable bonds is 7. The zero-order valence-corrected chi connectivity index (χ0v) is 13.1. The fourth-order valence-corrected chi connectivity index (χ4v) is 2.17. The Morgan fingerprint density at radius 1 is 1.15 bits per heavy atom. The summed E-state index contributed by atoms with van der Waals surface area (Å²) in [5.74, 6) is 0.712. The van der Waals surface area contributed by atoms with Gasteiger partial charge in [-0.15, -0.1) is 0 Å². The third kappa shape index (κ3) is 5.85. The molecule has 1 aromatic rings. The number of benzene rings is 1. The Morgan fingerprint density at radius 3 is 2.20 bits per heavy atom. The first kappa shape index (κ1) is 17.5.